The molecule has 1 aromatic rings. The molecule has 2 rings (SSSR count). The highest BCUT2D eigenvalue weighted by Gasteiger charge is 2.27. The highest BCUT2D eigenvalue weighted by molar-refractivity contribution is 5.32. The summed E-state index contributed by atoms with van der Waals surface area (Å²) in [4.78, 5) is 0. The number of rotatable bonds is 7. The number of hydrogen-bond donors (Lipinski definition) is 2. The highest BCUT2D eigenvalue weighted by atomic mass is 16.5. The SMILES string of the molecule is CCCNC1COCC1CNc1ccn(CC)n1. The van der Waals surface area contributed by atoms with Crippen molar-refractivity contribution in [1.82, 2.24) is 15.1 Å². The van der Waals surface area contributed by atoms with Gasteiger partial charge in [-0.05, 0) is 19.9 Å². The van der Waals surface area contributed by atoms with E-state index in [1.807, 2.05) is 16.9 Å². The third kappa shape index (κ3) is 3.46. The number of hydrogen-bond acceptors (Lipinski definition) is 4. The summed E-state index contributed by atoms with van der Waals surface area (Å²) in [6.07, 6.45) is 3.16. The number of nitrogens with zero attached hydrogens (tertiary/aromatic N) is 2. The van der Waals surface area contributed by atoms with Crippen LogP contribution >= 0.6 is 0 Å². The van der Waals surface area contributed by atoms with E-state index < -0.39 is 0 Å². The molecule has 0 amide bonds. The molecule has 2 atom stereocenters. The average molecular weight is 252 g/mol. The van der Waals surface area contributed by atoms with Crippen LogP contribution in [0.4, 0.5) is 5.82 Å². The normalized spacial score (nSPS) is 23.4. The molecular weight excluding hydrogens is 228 g/mol. The molecule has 0 aromatic carbocycles. The predicted octanol–water partition coefficient (Wildman–Crippen LogP) is 1.33. The van der Waals surface area contributed by atoms with Gasteiger partial charge in [-0.25, -0.2) is 0 Å². The first-order valence-electron chi connectivity index (χ1n) is 6.92. The Labute approximate surface area is 109 Å². The Morgan fingerprint density at radius 3 is 3.06 bits per heavy atom. The predicted molar refractivity (Wildman–Crippen MR) is 72.8 cm³/mol. The smallest absolute Gasteiger partial charge is 0.147 e. The van der Waals surface area contributed by atoms with Crippen LogP contribution in [0.15, 0.2) is 12.3 Å². The van der Waals surface area contributed by atoms with Crippen molar-refractivity contribution in [3.05, 3.63) is 12.3 Å². The third-order valence-corrected chi connectivity index (χ3v) is 3.36. The van der Waals surface area contributed by atoms with E-state index >= 15 is 0 Å². The first-order chi connectivity index (χ1) is 8.83. The van der Waals surface area contributed by atoms with Crippen molar-refractivity contribution in [1.29, 1.82) is 0 Å². The van der Waals surface area contributed by atoms with Crippen molar-refractivity contribution in [3.63, 3.8) is 0 Å². The van der Waals surface area contributed by atoms with Crippen molar-refractivity contribution in [2.75, 3.05) is 31.6 Å². The number of aryl methyl sites for hydroxylation is 1. The Bertz CT molecular complexity index is 353. The largest absolute Gasteiger partial charge is 0.379 e. The monoisotopic (exact) mass is 252 g/mol. The van der Waals surface area contributed by atoms with E-state index in [4.69, 9.17) is 4.74 Å². The molecule has 18 heavy (non-hydrogen) atoms. The molecule has 0 saturated carbocycles. The second kappa shape index (κ2) is 6.75. The number of anilines is 1. The van der Waals surface area contributed by atoms with Gasteiger partial charge in [0.2, 0.25) is 0 Å². The van der Waals surface area contributed by atoms with Gasteiger partial charge in [0.05, 0.1) is 13.2 Å². The molecule has 1 aliphatic rings. The van der Waals surface area contributed by atoms with Crippen molar-refractivity contribution < 1.29 is 4.74 Å². The second-order valence-corrected chi connectivity index (χ2v) is 4.80. The standard InChI is InChI=1S/C13H24N4O/c1-3-6-14-12-10-18-9-11(12)8-15-13-5-7-17(4-2)16-13/h5,7,11-12,14H,3-4,6,8-10H2,1-2H3,(H,15,16). The summed E-state index contributed by atoms with van der Waals surface area (Å²) in [6, 6.07) is 2.50. The molecule has 2 heterocycles. The molecular formula is C13H24N4O. The molecule has 2 N–H and O–H groups in total. The maximum Gasteiger partial charge on any atom is 0.147 e. The third-order valence-electron chi connectivity index (χ3n) is 3.36. The van der Waals surface area contributed by atoms with Crippen LogP contribution in [0.1, 0.15) is 20.3 Å². The second-order valence-electron chi connectivity index (χ2n) is 4.80. The molecule has 1 aliphatic heterocycles. The van der Waals surface area contributed by atoms with Gasteiger partial charge in [-0.2, -0.15) is 5.10 Å². The van der Waals surface area contributed by atoms with Gasteiger partial charge in [0.15, 0.2) is 0 Å². The van der Waals surface area contributed by atoms with Gasteiger partial charge in [-0.1, -0.05) is 6.92 Å². The number of ether oxygens (including phenoxy) is 1. The molecule has 5 nitrogen and oxygen atoms in total. The summed E-state index contributed by atoms with van der Waals surface area (Å²) in [5, 5.41) is 11.4. The van der Waals surface area contributed by atoms with Gasteiger partial charge < -0.3 is 15.4 Å². The summed E-state index contributed by atoms with van der Waals surface area (Å²) in [6.45, 7) is 8.84. The Morgan fingerprint density at radius 2 is 2.33 bits per heavy atom. The summed E-state index contributed by atoms with van der Waals surface area (Å²) in [5.74, 6) is 1.49. The zero-order chi connectivity index (χ0) is 12.8. The zero-order valence-electron chi connectivity index (χ0n) is 11.4. The maximum atomic E-state index is 5.55. The molecule has 102 valence electrons. The fourth-order valence-electron chi connectivity index (χ4n) is 2.22. The minimum Gasteiger partial charge on any atom is -0.379 e. The lowest BCUT2D eigenvalue weighted by atomic mass is 10.0. The summed E-state index contributed by atoms with van der Waals surface area (Å²) >= 11 is 0. The number of nitrogens with one attached hydrogen (secondary N) is 2. The molecule has 1 aromatic heterocycles. The lowest BCUT2D eigenvalue weighted by Gasteiger charge is -2.19. The average Bonchev–Trinajstić information content (AvgIpc) is 3.02. The molecule has 2 unspecified atom stereocenters. The lowest BCUT2D eigenvalue weighted by Crippen LogP contribution is -2.38. The van der Waals surface area contributed by atoms with E-state index in [-0.39, 0.29) is 0 Å². The molecule has 0 radical (unpaired) electrons. The molecule has 5 heteroatoms. The van der Waals surface area contributed by atoms with Crippen molar-refractivity contribution in [3.8, 4) is 0 Å². The van der Waals surface area contributed by atoms with E-state index in [1.54, 1.807) is 0 Å². The van der Waals surface area contributed by atoms with E-state index in [2.05, 4.69) is 29.6 Å². The van der Waals surface area contributed by atoms with Crippen molar-refractivity contribution in [2.24, 2.45) is 5.92 Å². The molecule has 0 bridgehead atoms. The van der Waals surface area contributed by atoms with Crippen LogP contribution in [0.5, 0.6) is 0 Å². The van der Waals surface area contributed by atoms with Gasteiger partial charge >= 0.3 is 0 Å². The maximum absolute atomic E-state index is 5.55. The first kappa shape index (κ1) is 13.4. The minimum absolute atomic E-state index is 0.478. The van der Waals surface area contributed by atoms with Crippen LogP contribution in [0, 0.1) is 5.92 Å². The molecule has 1 fully saturated rings. The van der Waals surface area contributed by atoms with Crippen molar-refractivity contribution >= 4 is 5.82 Å². The van der Waals surface area contributed by atoms with E-state index in [0.29, 0.717) is 12.0 Å². The van der Waals surface area contributed by atoms with Gasteiger partial charge in [-0.3, -0.25) is 4.68 Å². The Morgan fingerprint density at radius 1 is 1.44 bits per heavy atom. The Kier molecular flexibility index (Phi) is 5.01. The Balaban J connectivity index is 1.78. The van der Waals surface area contributed by atoms with Crippen LogP contribution in [-0.4, -0.2) is 42.1 Å². The van der Waals surface area contributed by atoms with Gasteiger partial charge in [0, 0.05) is 37.3 Å². The van der Waals surface area contributed by atoms with E-state index in [1.165, 1.54) is 0 Å². The molecule has 0 spiro atoms. The van der Waals surface area contributed by atoms with Gasteiger partial charge in [0.1, 0.15) is 5.82 Å². The fraction of sp³-hybridized carbons (Fsp3) is 0.769. The Hall–Kier alpha value is -1.07. The fourth-order valence-corrected chi connectivity index (χ4v) is 2.22. The first-order valence-corrected chi connectivity index (χ1v) is 6.92. The number of aromatic nitrogens is 2. The summed E-state index contributed by atoms with van der Waals surface area (Å²) in [7, 11) is 0. The van der Waals surface area contributed by atoms with E-state index in [0.717, 1.165) is 45.1 Å². The minimum atomic E-state index is 0.478. The van der Waals surface area contributed by atoms with E-state index in [9.17, 15) is 0 Å². The van der Waals surface area contributed by atoms with Gasteiger partial charge in [0.25, 0.3) is 0 Å². The summed E-state index contributed by atoms with van der Waals surface area (Å²) < 4.78 is 7.48. The quantitative estimate of drug-likeness (QED) is 0.768. The van der Waals surface area contributed by atoms with Gasteiger partial charge in [-0.15, -0.1) is 0 Å². The van der Waals surface area contributed by atoms with Crippen LogP contribution in [-0.2, 0) is 11.3 Å². The zero-order valence-corrected chi connectivity index (χ0v) is 11.4. The van der Waals surface area contributed by atoms with Crippen LogP contribution in [0.2, 0.25) is 0 Å². The van der Waals surface area contributed by atoms with Crippen LogP contribution < -0.4 is 10.6 Å². The van der Waals surface area contributed by atoms with Crippen LogP contribution in [0.3, 0.4) is 0 Å². The highest BCUT2D eigenvalue weighted by Crippen LogP contribution is 2.14. The summed E-state index contributed by atoms with van der Waals surface area (Å²) in [5.41, 5.74) is 0. The molecule has 1 saturated heterocycles. The molecule has 0 aliphatic carbocycles. The van der Waals surface area contributed by atoms with Crippen LogP contribution in [0.25, 0.3) is 0 Å². The van der Waals surface area contributed by atoms with Crippen molar-refractivity contribution in [2.45, 2.75) is 32.9 Å². The topological polar surface area (TPSA) is 51.1 Å². The lowest BCUT2D eigenvalue weighted by molar-refractivity contribution is 0.183.